The minimum Gasteiger partial charge on any atom is -0.270 e. The Hall–Kier alpha value is -1.24. The summed E-state index contributed by atoms with van der Waals surface area (Å²) in [6, 6.07) is 5.58. The fraction of sp³-hybridized carbons (Fsp3) is 0.273. The van der Waals surface area contributed by atoms with E-state index in [2.05, 4.69) is 31.4 Å². The van der Waals surface area contributed by atoms with Crippen LogP contribution in [0.25, 0.3) is 0 Å². The van der Waals surface area contributed by atoms with Gasteiger partial charge in [-0.3, -0.25) is 15.5 Å². The highest BCUT2D eigenvalue weighted by Crippen LogP contribution is 2.25. The molecule has 0 saturated carbocycles. The van der Waals surface area contributed by atoms with E-state index in [1.54, 1.807) is 12.4 Å². The predicted molar refractivity (Wildman–Crippen MR) is 69.0 cm³/mol. The van der Waals surface area contributed by atoms with Crippen LogP contribution in [0.2, 0.25) is 0 Å². The molecule has 3 N–H and O–H groups in total. The number of nitrogens with zero attached hydrogens (tertiary/aromatic N) is 3. The van der Waals surface area contributed by atoms with Gasteiger partial charge in [-0.2, -0.15) is 5.10 Å². The van der Waals surface area contributed by atoms with Gasteiger partial charge in [-0.1, -0.05) is 0 Å². The van der Waals surface area contributed by atoms with Gasteiger partial charge in [0.15, 0.2) is 0 Å². The topological polar surface area (TPSA) is 68.8 Å². The van der Waals surface area contributed by atoms with Gasteiger partial charge in [-0.15, -0.1) is 0 Å². The first kappa shape index (κ1) is 12.2. The average Bonchev–Trinajstić information content (AvgIpc) is 2.81. The smallest absolute Gasteiger partial charge is 0.106 e. The number of halogens is 1. The first-order valence-electron chi connectivity index (χ1n) is 5.36. The maximum absolute atomic E-state index is 5.64. The molecule has 0 radical (unpaired) electrons. The molecule has 6 heteroatoms. The molecule has 2 aromatic heterocycles. The number of hydrogen-bond acceptors (Lipinski definition) is 4. The predicted octanol–water partition coefficient (Wildman–Crippen LogP) is 1.61. The Morgan fingerprint density at radius 1 is 1.47 bits per heavy atom. The Balaban J connectivity index is 2.44. The van der Waals surface area contributed by atoms with Crippen molar-refractivity contribution in [3.63, 3.8) is 0 Å². The van der Waals surface area contributed by atoms with E-state index in [4.69, 9.17) is 5.84 Å². The van der Waals surface area contributed by atoms with Crippen LogP contribution in [0.4, 0.5) is 0 Å². The van der Waals surface area contributed by atoms with Crippen LogP contribution in [0.15, 0.2) is 35.1 Å². The lowest BCUT2D eigenvalue weighted by Crippen LogP contribution is -2.31. The minimum absolute atomic E-state index is 0.173. The molecule has 0 aliphatic rings. The number of aryl methyl sites for hydroxylation is 1. The molecule has 0 spiro atoms. The van der Waals surface area contributed by atoms with E-state index in [0.29, 0.717) is 0 Å². The van der Waals surface area contributed by atoms with Gasteiger partial charge >= 0.3 is 0 Å². The van der Waals surface area contributed by atoms with Crippen LogP contribution in [0.5, 0.6) is 0 Å². The molecule has 0 aliphatic carbocycles. The number of nitrogens with one attached hydrogen (secondary N) is 1. The molecule has 0 bridgehead atoms. The lowest BCUT2D eigenvalue weighted by molar-refractivity contribution is 0.534. The molecular formula is C11H14BrN5. The zero-order chi connectivity index (χ0) is 12.3. The molecule has 5 nitrogen and oxygen atoms in total. The van der Waals surface area contributed by atoms with Gasteiger partial charge in [0.05, 0.1) is 11.4 Å². The summed E-state index contributed by atoms with van der Waals surface area (Å²) in [5, 5.41) is 4.24. The molecule has 0 fully saturated rings. The summed E-state index contributed by atoms with van der Waals surface area (Å²) in [4.78, 5) is 4.35. The molecule has 2 rings (SSSR count). The van der Waals surface area contributed by atoms with Gasteiger partial charge in [0, 0.05) is 23.4 Å². The number of aromatic nitrogens is 3. The van der Waals surface area contributed by atoms with E-state index in [1.807, 2.05) is 29.8 Å². The summed E-state index contributed by atoms with van der Waals surface area (Å²) in [6.45, 7) is 2.84. The van der Waals surface area contributed by atoms with Crippen molar-refractivity contribution in [3.8, 4) is 0 Å². The Kier molecular flexibility index (Phi) is 3.88. The van der Waals surface area contributed by atoms with Gasteiger partial charge in [0.1, 0.15) is 6.04 Å². The number of nitrogens with two attached hydrogens (primary N) is 1. The molecule has 0 saturated heterocycles. The van der Waals surface area contributed by atoms with Crippen molar-refractivity contribution in [2.24, 2.45) is 5.84 Å². The third-order valence-electron chi connectivity index (χ3n) is 2.57. The van der Waals surface area contributed by atoms with Crippen LogP contribution in [0, 0.1) is 0 Å². The monoisotopic (exact) mass is 295 g/mol. The second kappa shape index (κ2) is 5.39. The molecule has 1 atom stereocenters. The highest BCUT2D eigenvalue weighted by atomic mass is 79.9. The van der Waals surface area contributed by atoms with Crippen LogP contribution in [-0.4, -0.2) is 14.8 Å². The lowest BCUT2D eigenvalue weighted by Gasteiger charge is -2.17. The van der Waals surface area contributed by atoms with Crippen molar-refractivity contribution < 1.29 is 0 Å². The van der Waals surface area contributed by atoms with Crippen molar-refractivity contribution in [1.29, 1.82) is 0 Å². The molecule has 0 amide bonds. The zero-order valence-corrected chi connectivity index (χ0v) is 11.1. The van der Waals surface area contributed by atoms with Crippen molar-refractivity contribution in [2.75, 3.05) is 0 Å². The van der Waals surface area contributed by atoms with Gasteiger partial charge in [0.2, 0.25) is 0 Å². The van der Waals surface area contributed by atoms with Crippen molar-refractivity contribution in [2.45, 2.75) is 19.5 Å². The quantitative estimate of drug-likeness (QED) is 0.664. The van der Waals surface area contributed by atoms with Crippen molar-refractivity contribution in [3.05, 3.63) is 46.5 Å². The zero-order valence-electron chi connectivity index (χ0n) is 9.47. The summed E-state index contributed by atoms with van der Waals surface area (Å²) in [5.41, 5.74) is 4.63. The Bertz CT molecular complexity index is 496. The van der Waals surface area contributed by atoms with Crippen LogP contribution in [-0.2, 0) is 6.54 Å². The number of hydrazine groups is 1. The highest BCUT2D eigenvalue weighted by molar-refractivity contribution is 9.10. The second-order valence-electron chi connectivity index (χ2n) is 3.54. The fourth-order valence-electron chi connectivity index (χ4n) is 1.77. The van der Waals surface area contributed by atoms with Gasteiger partial charge < -0.3 is 0 Å². The second-order valence-corrected chi connectivity index (χ2v) is 4.40. The van der Waals surface area contributed by atoms with Gasteiger partial charge in [-0.25, -0.2) is 5.43 Å². The lowest BCUT2D eigenvalue weighted by atomic mass is 10.1. The fourth-order valence-corrected chi connectivity index (χ4v) is 2.25. The van der Waals surface area contributed by atoms with Crippen LogP contribution < -0.4 is 11.3 Å². The summed E-state index contributed by atoms with van der Waals surface area (Å²) < 4.78 is 2.82. The van der Waals surface area contributed by atoms with E-state index in [9.17, 15) is 0 Å². The van der Waals surface area contributed by atoms with E-state index >= 15 is 0 Å². The Morgan fingerprint density at radius 2 is 2.29 bits per heavy atom. The Labute approximate surface area is 108 Å². The number of rotatable bonds is 4. The number of hydrogen-bond donors (Lipinski definition) is 2. The third-order valence-corrected chi connectivity index (χ3v) is 3.24. The minimum atomic E-state index is -0.173. The van der Waals surface area contributed by atoms with Crippen LogP contribution in [0.1, 0.15) is 24.4 Å². The van der Waals surface area contributed by atoms with Crippen LogP contribution >= 0.6 is 15.9 Å². The maximum Gasteiger partial charge on any atom is 0.106 e. The average molecular weight is 296 g/mol. The normalized spacial score (nSPS) is 12.6. The SMILES string of the molecule is CCn1nccc1C(NN)c1ncccc1Br. The van der Waals surface area contributed by atoms with Crippen LogP contribution in [0.3, 0.4) is 0 Å². The first-order chi connectivity index (χ1) is 8.27. The standard InChI is InChI=1S/C11H14BrN5/c1-2-17-9(5-7-15-17)11(16-13)10-8(12)4-3-6-14-10/h3-7,11,16H,2,13H2,1H3. The largest absolute Gasteiger partial charge is 0.270 e. The van der Waals surface area contributed by atoms with Crippen molar-refractivity contribution >= 4 is 15.9 Å². The van der Waals surface area contributed by atoms with Gasteiger partial charge in [0.25, 0.3) is 0 Å². The molecule has 0 aromatic carbocycles. The summed E-state index contributed by atoms with van der Waals surface area (Å²) in [6.07, 6.45) is 3.51. The third kappa shape index (κ3) is 2.38. The molecule has 2 heterocycles. The first-order valence-corrected chi connectivity index (χ1v) is 6.15. The summed E-state index contributed by atoms with van der Waals surface area (Å²) in [5.74, 6) is 5.64. The van der Waals surface area contributed by atoms with E-state index < -0.39 is 0 Å². The molecule has 90 valence electrons. The van der Waals surface area contributed by atoms with Gasteiger partial charge in [-0.05, 0) is 41.1 Å². The van der Waals surface area contributed by atoms with E-state index in [1.165, 1.54) is 0 Å². The summed E-state index contributed by atoms with van der Waals surface area (Å²) in [7, 11) is 0. The molecule has 1 unspecified atom stereocenters. The van der Waals surface area contributed by atoms with E-state index in [-0.39, 0.29) is 6.04 Å². The molecular weight excluding hydrogens is 282 g/mol. The van der Waals surface area contributed by atoms with E-state index in [0.717, 1.165) is 22.4 Å². The number of pyridine rings is 1. The molecule has 0 aliphatic heterocycles. The molecule has 17 heavy (non-hydrogen) atoms. The maximum atomic E-state index is 5.64. The Morgan fingerprint density at radius 3 is 2.94 bits per heavy atom. The molecule has 2 aromatic rings. The highest BCUT2D eigenvalue weighted by Gasteiger charge is 2.19. The summed E-state index contributed by atoms with van der Waals surface area (Å²) >= 11 is 3.48. The van der Waals surface area contributed by atoms with Crippen molar-refractivity contribution in [1.82, 2.24) is 20.2 Å².